The summed E-state index contributed by atoms with van der Waals surface area (Å²) in [5, 5.41) is 0. The van der Waals surface area contributed by atoms with E-state index in [1.165, 1.54) is 25.7 Å². The maximum atomic E-state index is 2.42. The molecule has 66 valence electrons. The largest absolute Gasteiger partial charge is 0.0851 e. The molecule has 0 heteroatoms. The lowest BCUT2D eigenvalue weighted by Gasteiger charge is -2.15. The summed E-state index contributed by atoms with van der Waals surface area (Å²) >= 11 is 0. The molecule has 0 aromatic rings. The fourth-order valence-corrected chi connectivity index (χ4v) is 1.39. The van der Waals surface area contributed by atoms with Gasteiger partial charge in [-0.15, -0.1) is 0 Å². The minimum atomic E-state index is 0.797. The second kappa shape index (κ2) is 6.45. The molecule has 0 amide bonds. The van der Waals surface area contributed by atoms with Crippen LogP contribution in [0.2, 0.25) is 0 Å². The van der Waals surface area contributed by atoms with Crippen LogP contribution in [0.25, 0.3) is 0 Å². The van der Waals surface area contributed by atoms with E-state index < -0.39 is 0 Å². The third kappa shape index (κ3) is 4.23. The molecule has 0 unspecified atom stereocenters. The van der Waals surface area contributed by atoms with Crippen LogP contribution in [0.15, 0.2) is 11.6 Å². The Labute approximate surface area is 71.7 Å². The van der Waals surface area contributed by atoms with Crippen molar-refractivity contribution in [3.05, 3.63) is 11.6 Å². The topological polar surface area (TPSA) is 0 Å². The van der Waals surface area contributed by atoms with Gasteiger partial charge >= 0.3 is 0 Å². The van der Waals surface area contributed by atoms with E-state index in [1.54, 1.807) is 5.57 Å². The molecule has 0 N–H and O–H groups in total. The van der Waals surface area contributed by atoms with E-state index in [0.717, 1.165) is 5.92 Å². The van der Waals surface area contributed by atoms with Gasteiger partial charge in [0, 0.05) is 0 Å². The molecular formula is C11H22. The summed E-state index contributed by atoms with van der Waals surface area (Å²) < 4.78 is 0. The van der Waals surface area contributed by atoms with E-state index in [9.17, 15) is 0 Å². The van der Waals surface area contributed by atoms with Crippen molar-refractivity contribution in [2.75, 3.05) is 0 Å². The van der Waals surface area contributed by atoms with Gasteiger partial charge in [0.15, 0.2) is 0 Å². The van der Waals surface area contributed by atoms with Crippen LogP contribution >= 0.6 is 0 Å². The molecule has 0 atom stereocenters. The summed E-state index contributed by atoms with van der Waals surface area (Å²) in [6, 6.07) is 0. The summed E-state index contributed by atoms with van der Waals surface area (Å²) in [7, 11) is 0. The zero-order valence-corrected chi connectivity index (χ0v) is 8.48. The van der Waals surface area contributed by atoms with Crippen molar-refractivity contribution in [2.45, 2.75) is 53.4 Å². The normalized spacial score (nSPS) is 17.0. The molecule has 11 heavy (non-hydrogen) atoms. The van der Waals surface area contributed by atoms with Crippen molar-refractivity contribution in [2.24, 2.45) is 5.92 Å². The van der Waals surface area contributed by atoms with Gasteiger partial charge < -0.3 is 0 Å². The first-order valence-corrected chi connectivity index (χ1v) is 4.99. The zero-order valence-electron chi connectivity index (χ0n) is 8.48. The molecule has 0 nitrogen and oxygen atoms in total. The Morgan fingerprint density at radius 1 is 1.18 bits per heavy atom. The molecule has 1 aliphatic rings. The van der Waals surface area contributed by atoms with Gasteiger partial charge in [0.2, 0.25) is 0 Å². The molecule has 0 aromatic heterocycles. The minimum absolute atomic E-state index is 0.797. The van der Waals surface area contributed by atoms with E-state index in [1.807, 2.05) is 13.8 Å². The predicted octanol–water partition coefficient (Wildman–Crippen LogP) is 4.17. The molecule has 0 aromatic carbocycles. The molecule has 1 rings (SSSR count). The van der Waals surface area contributed by atoms with E-state index in [4.69, 9.17) is 0 Å². The quantitative estimate of drug-likeness (QED) is 0.497. The SMILES string of the molecule is CC.CC(C)C1=CCCCC1. The average Bonchev–Trinajstić information content (AvgIpc) is 2.10. The van der Waals surface area contributed by atoms with Gasteiger partial charge in [0.05, 0.1) is 0 Å². The standard InChI is InChI=1S/C9H16.C2H6/c1-8(2)9-6-4-3-5-7-9;1-2/h6,8H,3-5,7H2,1-2H3;1-2H3. The first kappa shape index (κ1) is 10.7. The smallest absolute Gasteiger partial charge is 0.0260 e. The molecule has 0 radical (unpaired) electrons. The van der Waals surface area contributed by atoms with Gasteiger partial charge in [-0.3, -0.25) is 0 Å². The van der Waals surface area contributed by atoms with Gasteiger partial charge in [0.1, 0.15) is 0 Å². The van der Waals surface area contributed by atoms with E-state index in [-0.39, 0.29) is 0 Å². The molecule has 0 spiro atoms. The molecule has 0 bridgehead atoms. The highest BCUT2D eigenvalue weighted by molar-refractivity contribution is 5.06. The van der Waals surface area contributed by atoms with Gasteiger partial charge in [-0.05, 0) is 31.6 Å². The Bertz CT molecular complexity index is 109. The van der Waals surface area contributed by atoms with E-state index in [0.29, 0.717) is 0 Å². The summed E-state index contributed by atoms with van der Waals surface area (Å²) in [5.41, 5.74) is 1.68. The highest BCUT2D eigenvalue weighted by Gasteiger charge is 2.05. The predicted molar refractivity (Wildman–Crippen MR) is 52.7 cm³/mol. The highest BCUT2D eigenvalue weighted by Crippen LogP contribution is 2.23. The van der Waals surface area contributed by atoms with Crippen molar-refractivity contribution < 1.29 is 0 Å². The Morgan fingerprint density at radius 2 is 1.82 bits per heavy atom. The monoisotopic (exact) mass is 154 g/mol. The van der Waals surface area contributed by atoms with Crippen molar-refractivity contribution in [1.82, 2.24) is 0 Å². The number of allylic oxidation sites excluding steroid dienone is 2. The number of hydrogen-bond donors (Lipinski definition) is 0. The van der Waals surface area contributed by atoms with Crippen LogP contribution in [0, 0.1) is 5.92 Å². The van der Waals surface area contributed by atoms with Crippen molar-refractivity contribution >= 4 is 0 Å². The second-order valence-electron chi connectivity index (χ2n) is 3.18. The fourth-order valence-electron chi connectivity index (χ4n) is 1.39. The van der Waals surface area contributed by atoms with Gasteiger partial charge in [-0.25, -0.2) is 0 Å². The Morgan fingerprint density at radius 3 is 2.09 bits per heavy atom. The summed E-state index contributed by atoms with van der Waals surface area (Å²) in [6.45, 7) is 8.58. The van der Waals surface area contributed by atoms with E-state index >= 15 is 0 Å². The van der Waals surface area contributed by atoms with E-state index in [2.05, 4.69) is 19.9 Å². The van der Waals surface area contributed by atoms with Crippen LogP contribution < -0.4 is 0 Å². The molecule has 1 aliphatic carbocycles. The van der Waals surface area contributed by atoms with Crippen LogP contribution in [-0.2, 0) is 0 Å². The van der Waals surface area contributed by atoms with Crippen molar-refractivity contribution in [3.8, 4) is 0 Å². The highest BCUT2D eigenvalue weighted by atomic mass is 14.1. The lowest BCUT2D eigenvalue weighted by atomic mass is 9.92. The van der Waals surface area contributed by atoms with Crippen LogP contribution in [0.1, 0.15) is 53.4 Å². The first-order chi connectivity index (χ1) is 5.30. The van der Waals surface area contributed by atoms with Crippen molar-refractivity contribution in [3.63, 3.8) is 0 Å². The third-order valence-corrected chi connectivity index (χ3v) is 2.07. The molecule has 0 fully saturated rings. The average molecular weight is 154 g/mol. The van der Waals surface area contributed by atoms with Crippen molar-refractivity contribution in [1.29, 1.82) is 0 Å². The lowest BCUT2D eigenvalue weighted by molar-refractivity contribution is 0.620. The minimum Gasteiger partial charge on any atom is -0.0851 e. The van der Waals surface area contributed by atoms with Crippen LogP contribution in [-0.4, -0.2) is 0 Å². The van der Waals surface area contributed by atoms with Gasteiger partial charge in [0.25, 0.3) is 0 Å². The van der Waals surface area contributed by atoms with Gasteiger partial charge in [-0.1, -0.05) is 39.3 Å². The van der Waals surface area contributed by atoms with Gasteiger partial charge in [-0.2, -0.15) is 0 Å². The Hall–Kier alpha value is -0.260. The fraction of sp³-hybridized carbons (Fsp3) is 0.818. The molecular weight excluding hydrogens is 132 g/mol. The number of rotatable bonds is 1. The Kier molecular flexibility index (Phi) is 6.30. The first-order valence-electron chi connectivity index (χ1n) is 4.99. The Balaban J connectivity index is 0.000000461. The maximum absolute atomic E-state index is 2.42. The summed E-state index contributed by atoms with van der Waals surface area (Å²) in [5.74, 6) is 0.797. The molecule has 0 heterocycles. The van der Waals surface area contributed by atoms with Crippen LogP contribution in [0.4, 0.5) is 0 Å². The zero-order chi connectivity index (χ0) is 8.69. The second-order valence-corrected chi connectivity index (χ2v) is 3.18. The number of hydrogen-bond acceptors (Lipinski definition) is 0. The van der Waals surface area contributed by atoms with Crippen LogP contribution in [0.3, 0.4) is 0 Å². The third-order valence-electron chi connectivity index (χ3n) is 2.07. The molecule has 0 saturated heterocycles. The maximum Gasteiger partial charge on any atom is -0.0260 e. The molecule has 0 aliphatic heterocycles. The summed E-state index contributed by atoms with van der Waals surface area (Å²) in [6.07, 6.45) is 7.94. The van der Waals surface area contributed by atoms with Crippen LogP contribution in [0.5, 0.6) is 0 Å². The molecule has 0 saturated carbocycles. The lowest BCUT2D eigenvalue weighted by Crippen LogP contribution is -1.98. The summed E-state index contributed by atoms with van der Waals surface area (Å²) in [4.78, 5) is 0.